The Morgan fingerprint density at radius 3 is 2.52 bits per heavy atom. The zero-order chi connectivity index (χ0) is 23.8. The predicted octanol–water partition coefficient (Wildman–Crippen LogP) is 5.39. The minimum absolute atomic E-state index is 0.112. The Morgan fingerprint density at radius 2 is 1.94 bits per heavy atom. The highest BCUT2D eigenvalue weighted by Gasteiger charge is 2.42. The van der Waals surface area contributed by atoms with Crippen molar-refractivity contribution in [3.63, 3.8) is 0 Å². The second-order valence-electron chi connectivity index (χ2n) is 7.14. The number of ether oxygens (including phenoxy) is 1. The molecule has 3 heterocycles. The Kier molecular flexibility index (Phi) is 6.83. The molecule has 1 aliphatic heterocycles. The van der Waals surface area contributed by atoms with Gasteiger partial charge in [-0.2, -0.15) is 4.31 Å². The molecule has 0 spiro atoms. The number of rotatable bonds is 8. The van der Waals surface area contributed by atoms with Crippen LogP contribution in [-0.4, -0.2) is 42.4 Å². The number of hydrogen-bond acceptors (Lipinski definition) is 7. The number of alkyl halides is 3. The van der Waals surface area contributed by atoms with Crippen LogP contribution in [0.1, 0.15) is 17.8 Å². The van der Waals surface area contributed by atoms with Crippen molar-refractivity contribution in [1.82, 2.24) is 9.29 Å². The minimum Gasteiger partial charge on any atom is -0.406 e. The molecule has 4 rings (SSSR count). The molecule has 33 heavy (non-hydrogen) atoms. The number of carbonyl (C=O) groups excluding carboxylic acids is 1. The summed E-state index contributed by atoms with van der Waals surface area (Å²) in [5, 5.41) is 2.42. The first kappa shape index (κ1) is 24.1. The van der Waals surface area contributed by atoms with Gasteiger partial charge in [0.05, 0.1) is 21.1 Å². The van der Waals surface area contributed by atoms with E-state index in [9.17, 15) is 26.4 Å². The molecule has 0 saturated carbocycles. The number of aromatic nitrogens is 1. The summed E-state index contributed by atoms with van der Waals surface area (Å²) in [6.45, 7) is 0.281. The summed E-state index contributed by atoms with van der Waals surface area (Å²) < 4.78 is 67.8. The van der Waals surface area contributed by atoms with Crippen molar-refractivity contribution < 1.29 is 31.1 Å². The molecule has 0 unspecified atom stereocenters. The maximum absolute atomic E-state index is 12.7. The molecule has 1 fully saturated rings. The summed E-state index contributed by atoms with van der Waals surface area (Å²) in [7, 11) is -3.75. The van der Waals surface area contributed by atoms with Crippen molar-refractivity contribution in [2.45, 2.75) is 35.9 Å². The minimum atomic E-state index is -4.76. The molecule has 1 aliphatic rings. The summed E-state index contributed by atoms with van der Waals surface area (Å²) >= 11 is 8.12. The van der Waals surface area contributed by atoms with Crippen LogP contribution < -0.4 is 4.74 Å². The Bertz CT molecular complexity index is 1260. The van der Waals surface area contributed by atoms with E-state index in [1.165, 1.54) is 52.0 Å². The van der Waals surface area contributed by atoms with Crippen LogP contribution in [-0.2, 0) is 21.2 Å². The van der Waals surface area contributed by atoms with Gasteiger partial charge in [0.25, 0.3) is 10.0 Å². The van der Waals surface area contributed by atoms with E-state index in [1.807, 2.05) is 0 Å². The highest BCUT2D eigenvalue weighted by atomic mass is 35.5. The van der Waals surface area contributed by atoms with Gasteiger partial charge in [-0.05, 0) is 42.8 Å². The number of thiazole rings is 1. The maximum atomic E-state index is 12.7. The smallest absolute Gasteiger partial charge is 0.406 e. The van der Waals surface area contributed by atoms with Crippen LogP contribution in [0.25, 0.3) is 11.3 Å². The van der Waals surface area contributed by atoms with Gasteiger partial charge in [-0.25, -0.2) is 13.4 Å². The van der Waals surface area contributed by atoms with Gasteiger partial charge in [0.1, 0.15) is 9.96 Å². The van der Waals surface area contributed by atoms with Crippen molar-refractivity contribution in [3.05, 3.63) is 51.1 Å². The van der Waals surface area contributed by atoms with Crippen LogP contribution in [0.3, 0.4) is 0 Å². The number of hydrogen-bond donors (Lipinski definition) is 0. The Labute approximate surface area is 200 Å². The van der Waals surface area contributed by atoms with Crippen molar-refractivity contribution in [2.24, 2.45) is 0 Å². The molecule has 13 heteroatoms. The van der Waals surface area contributed by atoms with E-state index in [4.69, 9.17) is 11.6 Å². The van der Waals surface area contributed by atoms with Gasteiger partial charge >= 0.3 is 6.36 Å². The molecule has 3 aromatic rings. The van der Waals surface area contributed by atoms with Crippen molar-refractivity contribution in [3.8, 4) is 17.0 Å². The number of benzene rings is 1. The van der Waals surface area contributed by atoms with E-state index in [1.54, 1.807) is 5.38 Å². The lowest BCUT2D eigenvalue weighted by atomic mass is 9.99. The first-order chi connectivity index (χ1) is 15.5. The van der Waals surface area contributed by atoms with Gasteiger partial charge in [0, 0.05) is 30.3 Å². The number of sulfonamides is 1. The van der Waals surface area contributed by atoms with Gasteiger partial charge in [-0.15, -0.1) is 35.8 Å². The Hall–Kier alpha value is -1.99. The molecule has 2 aromatic heterocycles. The maximum Gasteiger partial charge on any atom is 0.573 e. The van der Waals surface area contributed by atoms with E-state index in [0.29, 0.717) is 33.4 Å². The topological polar surface area (TPSA) is 76.6 Å². The third kappa shape index (κ3) is 5.57. The second kappa shape index (κ2) is 9.34. The summed E-state index contributed by atoms with van der Waals surface area (Å²) in [5.41, 5.74) is 1.19. The largest absolute Gasteiger partial charge is 0.573 e. The quantitative estimate of drug-likeness (QED) is 0.386. The summed E-state index contributed by atoms with van der Waals surface area (Å²) in [4.78, 5) is 17.1. The SMILES string of the molecule is O=C(CCc1nc(-c2ccc(OC(F)(F)F)cc2)cs1)[C@@H]1CCN1S(=O)(=O)c1ccc(Cl)s1. The summed E-state index contributed by atoms with van der Waals surface area (Å²) in [5.74, 6) is -0.505. The number of carbonyl (C=O) groups is 1. The van der Waals surface area contributed by atoms with E-state index in [2.05, 4.69) is 9.72 Å². The zero-order valence-corrected chi connectivity index (χ0v) is 19.9. The van der Waals surface area contributed by atoms with Crippen LogP contribution in [0.15, 0.2) is 46.0 Å². The van der Waals surface area contributed by atoms with Crippen molar-refractivity contribution in [1.29, 1.82) is 0 Å². The third-order valence-electron chi connectivity index (χ3n) is 4.97. The average Bonchev–Trinajstić information content (AvgIpc) is 3.34. The lowest BCUT2D eigenvalue weighted by Gasteiger charge is -2.38. The lowest BCUT2D eigenvalue weighted by Crippen LogP contribution is -2.54. The Balaban J connectivity index is 1.35. The van der Waals surface area contributed by atoms with Crippen LogP contribution in [0.2, 0.25) is 4.34 Å². The molecule has 1 atom stereocenters. The summed E-state index contributed by atoms with van der Waals surface area (Å²) in [6, 6.07) is 7.60. The molecule has 0 amide bonds. The molecular weight excluding hydrogens is 521 g/mol. The predicted molar refractivity (Wildman–Crippen MR) is 119 cm³/mol. The van der Waals surface area contributed by atoms with Gasteiger partial charge < -0.3 is 4.74 Å². The normalized spacial score (nSPS) is 17.0. The molecule has 0 bridgehead atoms. The molecular formula is C20H16ClF3N2O4S3. The van der Waals surface area contributed by atoms with Crippen LogP contribution in [0.5, 0.6) is 5.75 Å². The molecule has 0 N–H and O–H groups in total. The fourth-order valence-corrected chi connectivity index (χ4v) is 7.38. The van der Waals surface area contributed by atoms with Crippen LogP contribution in [0.4, 0.5) is 13.2 Å². The fraction of sp³-hybridized carbons (Fsp3) is 0.300. The highest BCUT2D eigenvalue weighted by molar-refractivity contribution is 7.91. The first-order valence-electron chi connectivity index (χ1n) is 9.63. The third-order valence-corrected chi connectivity index (χ3v) is 9.49. The molecule has 0 radical (unpaired) electrons. The summed E-state index contributed by atoms with van der Waals surface area (Å²) in [6.07, 6.45) is -3.82. The van der Waals surface area contributed by atoms with Gasteiger partial charge in [-0.1, -0.05) is 11.6 Å². The van der Waals surface area contributed by atoms with Gasteiger partial charge in [-0.3, -0.25) is 4.79 Å². The molecule has 0 aliphatic carbocycles. The number of halogens is 4. The second-order valence-corrected chi connectivity index (χ2v) is 11.9. The average molecular weight is 537 g/mol. The van der Waals surface area contributed by atoms with E-state index < -0.39 is 22.4 Å². The first-order valence-corrected chi connectivity index (χ1v) is 13.1. The zero-order valence-electron chi connectivity index (χ0n) is 16.7. The van der Waals surface area contributed by atoms with E-state index >= 15 is 0 Å². The number of Topliss-reactive ketones (excluding diaryl/α,β-unsaturated/α-hetero) is 1. The fourth-order valence-electron chi connectivity index (χ4n) is 3.31. The van der Waals surface area contributed by atoms with Gasteiger partial charge in [0.2, 0.25) is 0 Å². The van der Waals surface area contributed by atoms with Crippen LogP contribution >= 0.6 is 34.3 Å². The lowest BCUT2D eigenvalue weighted by molar-refractivity contribution is -0.274. The number of ketones is 1. The highest BCUT2D eigenvalue weighted by Crippen LogP contribution is 2.34. The molecule has 1 saturated heterocycles. The van der Waals surface area contributed by atoms with E-state index in [0.717, 1.165) is 11.3 Å². The van der Waals surface area contributed by atoms with Gasteiger partial charge in [0.15, 0.2) is 5.78 Å². The number of thiophene rings is 1. The number of aryl methyl sites for hydroxylation is 1. The van der Waals surface area contributed by atoms with Crippen LogP contribution in [0, 0.1) is 0 Å². The molecule has 176 valence electrons. The monoisotopic (exact) mass is 536 g/mol. The molecule has 1 aromatic carbocycles. The molecule has 6 nitrogen and oxygen atoms in total. The van der Waals surface area contributed by atoms with E-state index in [-0.39, 0.29) is 28.7 Å². The number of nitrogens with zero attached hydrogens (tertiary/aromatic N) is 2. The van der Waals surface area contributed by atoms with Crippen molar-refractivity contribution >= 4 is 50.1 Å². The van der Waals surface area contributed by atoms with Crippen molar-refractivity contribution in [2.75, 3.05) is 6.54 Å². The Morgan fingerprint density at radius 1 is 1.21 bits per heavy atom. The standard InChI is InChI=1S/C20H16ClF3N2O4S3/c21-17-6-8-19(32-17)33(28,29)26-10-9-15(26)16(27)5-7-18-25-14(11-31-18)12-1-3-13(4-2-12)30-20(22,23)24/h1-4,6,8,11,15H,5,7,9-10H2/t15-/m0/s1.